The first kappa shape index (κ1) is 17.8. The van der Waals surface area contributed by atoms with Crippen molar-refractivity contribution in [3.8, 4) is 0 Å². The molecule has 1 amide bonds. The van der Waals surface area contributed by atoms with Crippen LogP contribution in [0.1, 0.15) is 21.7 Å². The number of hydrogen-bond donors (Lipinski definition) is 2. The van der Waals surface area contributed by atoms with Crippen LogP contribution in [0.3, 0.4) is 0 Å². The lowest BCUT2D eigenvalue weighted by Crippen LogP contribution is -2.26. The highest BCUT2D eigenvalue weighted by atomic mass is 35.5. The molecule has 0 saturated carbocycles. The Labute approximate surface area is 156 Å². The Hall–Kier alpha value is -2.99. The van der Waals surface area contributed by atoms with Crippen LogP contribution in [0.5, 0.6) is 0 Å². The third kappa shape index (κ3) is 5.26. The topological polar surface area (TPSA) is 79.8 Å². The van der Waals surface area contributed by atoms with Gasteiger partial charge in [-0.2, -0.15) is 0 Å². The van der Waals surface area contributed by atoms with Crippen LogP contribution < -0.4 is 10.6 Å². The molecule has 2 N–H and O–H groups in total. The van der Waals surface area contributed by atoms with E-state index in [0.717, 1.165) is 17.7 Å². The molecule has 132 valence electrons. The Morgan fingerprint density at radius 2 is 1.88 bits per heavy atom. The van der Waals surface area contributed by atoms with E-state index in [1.807, 2.05) is 42.5 Å². The van der Waals surface area contributed by atoms with Crippen molar-refractivity contribution >= 4 is 23.3 Å². The normalized spacial score (nSPS) is 10.3. The molecule has 1 aromatic carbocycles. The number of nitrogens with zero attached hydrogens (tertiary/aromatic N) is 3. The number of benzene rings is 1. The number of aromatic nitrogens is 3. The summed E-state index contributed by atoms with van der Waals surface area (Å²) in [7, 11) is 0. The predicted molar refractivity (Wildman–Crippen MR) is 101 cm³/mol. The second kappa shape index (κ2) is 8.92. The zero-order chi connectivity index (χ0) is 18.2. The first-order valence-corrected chi connectivity index (χ1v) is 8.57. The van der Waals surface area contributed by atoms with Crippen LogP contribution in [0.2, 0.25) is 5.02 Å². The maximum absolute atomic E-state index is 12.3. The van der Waals surface area contributed by atoms with Crippen LogP contribution in [-0.4, -0.2) is 27.4 Å². The van der Waals surface area contributed by atoms with Crippen LogP contribution in [0, 0.1) is 0 Å². The molecule has 3 aromatic rings. The fourth-order valence-corrected chi connectivity index (χ4v) is 2.45. The van der Waals surface area contributed by atoms with E-state index in [4.69, 9.17) is 11.6 Å². The van der Waals surface area contributed by atoms with E-state index in [2.05, 4.69) is 25.6 Å². The van der Waals surface area contributed by atoms with Crippen molar-refractivity contribution < 1.29 is 4.79 Å². The van der Waals surface area contributed by atoms with E-state index >= 15 is 0 Å². The molecule has 0 atom stereocenters. The smallest absolute Gasteiger partial charge is 0.270 e. The van der Waals surface area contributed by atoms with Crippen LogP contribution in [-0.2, 0) is 13.0 Å². The molecule has 26 heavy (non-hydrogen) atoms. The largest absolute Gasteiger partial charge is 0.364 e. The molecule has 0 unspecified atom stereocenters. The Morgan fingerprint density at radius 3 is 2.65 bits per heavy atom. The minimum Gasteiger partial charge on any atom is -0.364 e. The number of pyridine rings is 1. The lowest BCUT2D eigenvalue weighted by atomic mass is 10.1. The summed E-state index contributed by atoms with van der Waals surface area (Å²) in [6, 6.07) is 14.9. The number of carbonyl (C=O) groups is 1. The van der Waals surface area contributed by atoms with Crippen molar-refractivity contribution in [2.45, 2.75) is 13.0 Å². The van der Waals surface area contributed by atoms with Gasteiger partial charge in [-0.15, -0.1) is 0 Å². The number of amides is 1. The van der Waals surface area contributed by atoms with Gasteiger partial charge in [0.15, 0.2) is 0 Å². The molecule has 0 aliphatic carbocycles. The van der Waals surface area contributed by atoms with Crippen molar-refractivity contribution in [1.82, 2.24) is 20.3 Å². The molecule has 2 aromatic heterocycles. The maximum Gasteiger partial charge on any atom is 0.270 e. The van der Waals surface area contributed by atoms with Crippen molar-refractivity contribution in [2.75, 3.05) is 11.9 Å². The summed E-state index contributed by atoms with van der Waals surface area (Å²) in [5.41, 5.74) is 2.31. The number of anilines is 1. The second-order valence-corrected chi connectivity index (χ2v) is 6.03. The third-order valence-corrected chi connectivity index (χ3v) is 3.94. The average molecular weight is 368 g/mol. The molecule has 6 nitrogen and oxygen atoms in total. The first-order chi connectivity index (χ1) is 12.7. The molecule has 2 heterocycles. The Bertz CT molecular complexity index is 855. The van der Waals surface area contributed by atoms with Gasteiger partial charge in [0, 0.05) is 23.8 Å². The quantitative estimate of drug-likeness (QED) is 0.670. The number of hydrogen-bond acceptors (Lipinski definition) is 5. The number of halogens is 1. The van der Waals surface area contributed by atoms with Gasteiger partial charge in [-0.25, -0.2) is 9.97 Å². The second-order valence-electron chi connectivity index (χ2n) is 5.60. The average Bonchev–Trinajstić information content (AvgIpc) is 2.69. The Balaban J connectivity index is 1.51. The van der Waals surface area contributed by atoms with E-state index in [0.29, 0.717) is 29.6 Å². The lowest BCUT2D eigenvalue weighted by molar-refractivity contribution is 0.0949. The summed E-state index contributed by atoms with van der Waals surface area (Å²) in [5, 5.41) is 6.70. The van der Waals surface area contributed by atoms with E-state index < -0.39 is 0 Å². The minimum absolute atomic E-state index is 0.234. The highest BCUT2D eigenvalue weighted by Gasteiger charge is 2.08. The van der Waals surface area contributed by atoms with Crippen molar-refractivity contribution in [2.24, 2.45) is 0 Å². The van der Waals surface area contributed by atoms with Crippen molar-refractivity contribution in [1.29, 1.82) is 0 Å². The Morgan fingerprint density at radius 1 is 1.04 bits per heavy atom. The summed E-state index contributed by atoms with van der Waals surface area (Å²) >= 11 is 5.86. The van der Waals surface area contributed by atoms with E-state index in [-0.39, 0.29) is 5.91 Å². The maximum atomic E-state index is 12.3. The van der Waals surface area contributed by atoms with Gasteiger partial charge in [0.1, 0.15) is 17.8 Å². The van der Waals surface area contributed by atoms with Gasteiger partial charge in [0.2, 0.25) is 0 Å². The molecule has 0 aliphatic heterocycles. The molecule has 0 saturated heterocycles. The Kier molecular flexibility index (Phi) is 6.11. The van der Waals surface area contributed by atoms with Gasteiger partial charge < -0.3 is 10.6 Å². The minimum atomic E-state index is -0.234. The summed E-state index contributed by atoms with van der Waals surface area (Å²) in [6.07, 6.45) is 3.82. The third-order valence-electron chi connectivity index (χ3n) is 3.69. The van der Waals surface area contributed by atoms with E-state index in [1.165, 1.54) is 6.33 Å². The van der Waals surface area contributed by atoms with Crippen LogP contribution in [0.25, 0.3) is 0 Å². The summed E-state index contributed by atoms with van der Waals surface area (Å²) < 4.78 is 0. The van der Waals surface area contributed by atoms with Gasteiger partial charge >= 0.3 is 0 Å². The predicted octanol–water partition coefficient (Wildman–Crippen LogP) is 3.11. The molecule has 0 spiro atoms. The monoisotopic (exact) mass is 367 g/mol. The molecule has 0 fully saturated rings. The first-order valence-electron chi connectivity index (χ1n) is 8.19. The van der Waals surface area contributed by atoms with Gasteiger partial charge in [0.25, 0.3) is 5.91 Å². The molecular formula is C19H18ClN5O. The highest BCUT2D eigenvalue weighted by molar-refractivity contribution is 6.30. The molecule has 0 radical (unpaired) electrons. The SMILES string of the molecule is O=C(NCCc1ccc(Cl)cc1)c1cc(NCc2ccccn2)ncn1. The zero-order valence-corrected chi connectivity index (χ0v) is 14.8. The molecule has 0 aliphatic rings. The lowest BCUT2D eigenvalue weighted by Gasteiger charge is -2.08. The zero-order valence-electron chi connectivity index (χ0n) is 14.0. The molecule has 7 heteroatoms. The van der Waals surface area contributed by atoms with Crippen LogP contribution in [0.15, 0.2) is 61.1 Å². The highest BCUT2D eigenvalue weighted by Crippen LogP contribution is 2.10. The van der Waals surface area contributed by atoms with Gasteiger partial charge in [-0.3, -0.25) is 9.78 Å². The fraction of sp³-hybridized carbons (Fsp3) is 0.158. The van der Waals surface area contributed by atoms with Crippen molar-refractivity contribution in [3.05, 3.63) is 83.0 Å². The molecule has 0 bridgehead atoms. The van der Waals surface area contributed by atoms with Gasteiger partial charge in [-0.05, 0) is 36.2 Å². The van der Waals surface area contributed by atoms with E-state index in [1.54, 1.807) is 12.3 Å². The number of rotatable bonds is 7. The van der Waals surface area contributed by atoms with Crippen LogP contribution in [0.4, 0.5) is 5.82 Å². The van der Waals surface area contributed by atoms with Gasteiger partial charge in [-0.1, -0.05) is 29.8 Å². The number of nitrogens with one attached hydrogen (secondary N) is 2. The van der Waals surface area contributed by atoms with E-state index in [9.17, 15) is 4.79 Å². The standard InChI is InChI=1S/C19H18ClN5O/c20-15-6-4-14(5-7-15)8-10-22-19(26)17-11-18(25-13-24-17)23-12-16-3-1-2-9-21-16/h1-7,9,11,13H,8,10,12H2,(H,22,26)(H,23,24,25). The summed E-state index contributed by atoms with van der Waals surface area (Å²) in [5.74, 6) is 0.343. The fourth-order valence-electron chi connectivity index (χ4n) is 2.32. The summed E-state index contributed by atoms with van der Waals surface area (Å²) in [4.78, 5) is 24.7. The number of carbonyl (C=O) groups excluding carboxylic acids is 1. The molecular weight excluding hydrogens is 350 g/mol. The van der Waals surface area contributed by atoms with Gasteiger partial charge in [0.05, 0.1) is 12.2 Å². The summed E-state index contributed by atoms with van der Waals surface area (Å²) in [6.45, 7) is 1.04. The van der Waals surface area contributed by atoms with Crippen LogP contribution >= 0.6 is 11.6 Å². The molecule has 3 rings (SSSR count). The van der Waals surface area contributed by atoms with Crippen molar-refractivity contribution in [3.63, 3.8) is 0 Å².